The second-order valence-corrected chi connectivity index (χ2v) is 5.00. The Morgan fingerprint density at radius 3 is 2.70 bits per heavy atom. The zero-order valence-corrected chi connectivity index (χ0v) is 13.1. The van der Waals surface area contributed by atoms with Crippen LogP contribution in [-0.2, 0) is 17.9 Å². The Kier molecular flexibility index (Phi) is 6.65. The van der Waals surface area contributed by atoms with Crippen molar-refractivity contribution in [1.29, 1.82) is 0 Å². The van der Waals surface area contributed by atoms with Crippen LogP contribution < -0.4 is 10.6 Å². The number of benzene rings is 1. The molecule has 23 heavy (non-hydrogen) atoms. The second kappa shape index (κ2) is 8.97. The number of aliphatic hydroxyl groups is 1. The second-order valence-electron chi connectivity index (χ2n) is 5.00. The molecule has 1 aromatic carbocycles. The number of aliphatic hydroxyl groups excluding tert-OH is 1. The van der Waals surface area contributed by atoms with E-state index in [0.29, 0.717) is 25.5 Å². The molecule has 1 aromatic heterocycles. The molecule has 0 saturated heterocycles. The summed E-state index contributed by atoms with van der Waals surface area (Å²) in [6, 6.07) is 10.8. The molecule has 0 aliphatic heterocycles. The standard InChI is InChI=1S/C17H22N2O4/c1-2-22-12-14-7-4-3-6-13(14)10-18-17(21)19-11-15(20)16-8-5-9-23-16/h3-9,15,20H,2,10-12H2,1H3,(H2,18,19,21). The van der Waals surface area contributed by atoms with Crippen LogP contribution in [0.4, 0.5) is 4.79 Å². The van der Waals surface area contributed by atoms with E-state index in [2.05, 4.69) is 10.6 Å². The van der Waals surface area contributed by atoms with Gasteiger partial charge in [-0.3, -0.25) is 0 Å². The molecule has 0 spiro atoms. The largest absolute Gasteiger partial charge is 0.467 e. The van der Waals surface area contributed by atoms with Crippen molar-refractivity contribution in [2.75, 3.05) is 13.2 Å². The Balaban J connectivity index is 1.78. The highest BCUT2D eigenvalue weighted by Gasteiger charge is 2.12. The van der Waals surface area contributed by atoms with Gasteiger partial charge in [-0.2, -0.15) is 0 Å². The van der Waals surface area contributed by atoms with Crippen LogP contribution in [0.5, 0.6) is 0 Å². The first-order valence-electron chi connectivity index (χ1n) is 7.58. The normalized spacial score (nSPS) is 11.9. The third-order valence-electron chi connectivity index (χ3n) is 3.35. The molecular formula is C17H22N2O4. The van der Waals surface area contributed by atoms with Crippen LogP contribution in [0.1, 0.15) is 29.9 Å². The maximum absolute atomic E-state index is 11.8. The number of ether oxygens (including phenoxy) is 1. The minimum atomic E-state index is -0.860. The monoisotopic (exact) mass is 318 g/mol. The third-order valence-corrected chi connectivity index (χ3v) is 3.35. The molecule has 2 amide bonds. The summed E-state index contributed by atoms with van der Waals surface area (Å²) >= 11 is 0. The first-order chi connectivity index (χ1) is 11.2. The summed E-state index contributed by atoms with van der Waals surface area (Å²) in [6.07, 6.45) is 0.620. The first-order valence-corrected chi connectivity index (χ1v) is 7.58. The van der Waals surface area contributed by atoms with E-state index in [1.807, 2.05) is 31.2 Å². The Morgan fingerprint density at radius 2 is 2.00 bits per heavy atom. The predicted octanol–water partition coefficient (Wildman–Crippen LogP) is 2.35. The molecule has 6 heteroatoms. The predicted molar refractivity (Wildman–Crippen MR) is 85.7 cm³/mol. The molecule has 1 unspecified atom stereocenters. The van der Waals surface area contributed by atoms with Crippen LogP contribution in [0.3, 0.4) is 0 Å². The molecule has 0 saturated carbocycles. The van der Waals surface area contributed by atoms with Gasteiger partial charge in [-0.25, -0.2) is 4.79 Å². The lowest BCUT2D eigenvalue weighted by atomic mass is 10.1. The molecule has 1 heterocycles. The minimum absolute atomic E-state index is 0.0833. The van der Waals surface area contributed by atoms with E-state index in [0.717, 1.165) is 11.1 Å². The fourth-order valence-corrected chi connectivity index (χ4v) is 2.09. The first kappa shape index (κ1) is 17.1. The van der Waals surface area contributed by atoms with E-state index in [1.54, 1.807) is 12.1 Å². The lowest BCUT2D eigenvalue weighted by Gasteiger charge is -2.13. The fraction of sp³-hybridized carbons (Fsp3) is 0.353. The van der Waals surface area contributed by atoms with Gasteiger partial charge in [0.2, 0.25) is 0 Å². The number of carbonyl (C=O) groups is 1. The Hall–Kier alpha value is -2.31. The summed E-state index contributed by atoms with van der Waals surface area (Å²) in [5.74, 6) is 0.423. The molecule has 6 nitrogen and oxygen atoms in total. The van der Waals surface area contributed by atoms with Crippen LogP contribution in [0.25, 0.3) is 0 Å². The summed E-state index contributed by atoms with van der Waals surface area (Å²) in [7, 11) is 0. The van der Waals surface area contributed by atoms with Crippen LogP contribution in [0, 0.1) is 0 Å². The average molecular weight is 318 g/mol. The van der Waals surface area contributed by atoms with Gasteiger partial charge in [0.25, 0.3) is 0 Å². The highest BCUT2D eigenvalue weighted by Crippen LogP contribution is 2.12. The van der Waals surface area contributed by atoms with Crippen molar-refractivity contribution >= 4 is 6.03 Å². The van der Waals surface area contributed by atoms with Crippen LogP contribution in [-0.4, -0.2) is 24.3 Å². The molecule has 0 radical (unpaired) electrons. The zero-order chi connectivity index (χ0) is 16.5. The molecule has 2 rings (SSSR count). The van der Waals surface area contributed by atoms with Gasteiger partial charge in [-0.1, -0.05) is 24.3 Å². The van der Waals surface area contributed by atoms with Crippen LogP contribution in [0.2, 0.25) is 0 Å². The Labute approximate surface area is 135 Å². The van der Waals surface area contributed by atoms with Gasteiger partial charge in [-0.05, 0) is 30.2 Å². The van der Waals surface area contributed by atoms with Gasteiger partial charge < -0.3 is 24.9 Å². The van der Waals surface area contributed by atoms with Crippen molar-refractivity contribution in [2.24, 2.45) is 0 Å². The lowest BCUT2D eigenvalue weighted by molar-refractivity contribution is 0.133. The molecule has 2 aromatic rings. The number of amides is 2. The van der Waals surface area contributed by atoms with Crippen LogP contribution >= 0.6 is 0 Å². The SMILES string of the molecule is CCOCc1ccccc1CNC(=O)NCC(O)c1ccco1. The van der Waals surface area contributed by atoms with Gasteiger partial charge in [0.05, 0.1) is 19.4 Å². The van der Waals surface area contributed by atoms with E-state index in [1.165, 1.54) is 6.26 Å². The van der Waals surface area contributed by atoms with E-state index < -0.39 is 6.10 Å². The topological polar surface area (TPSA) is 83.7 Å². The molecule has 0 aliphatic rings. The number of urea groups is 1. The molecule has 0 bridgehead atoms. The summed E-state index contributed by atoms with van der Waals surface area (Å²) in [5, 5.41) is 15.2. The number of hydrogen-bond acceptors (Lipinski definition) is 4. The molecule has 0 fully saturated rings. The highest BCUT2D eigenvalue weighted by atomic mass is 16.5. The van der Waals surface area contributed by atoms with Crippen LogP contribution in [0.15, 0.2) is 47.1 Å². The fourth-order valence-electron chi connectivity index (χ4n) is 2.09. The molecule has 0 aliphatic carbocycles. The summed E-state index contributed by atoms with van der Waals surface area (Å²) in [5.41, 5.74) is 2.05. The maximum Gasteiger partial charge on any atom is 0.315 e. The molecule has 3 N–H and O–H groups in total. The van der Waals surface area contributed by atoms with Gasteiger partial charge >= 0.3 is 6.03 Å². The van der Waals surface area contributed by atoms with E-state index in [4.69, 9.17) is 9.15 Å². The molecule has 124 valence electrons. The van der Waals surface area contributed by atoms with Crippen molar-refractivity contribution in [3.05, 3.63) is 59.5 Å². The van der Waals surface area contributed by atoms with Crippen molar-refractivity contribution in [3.8, 4) is 0 Å². The quantitative estimate of drug-likeness (QED) is 0.697. The van der Waals surface area contributed by atoms with E-state index >= 15 is 0 Å². The number of nitrogens with one attached hydrogen (secondary N) is 2. The number of furan rings is 1. The molecule has 1 atom stereocenters. The maximum atomic E-state index is 11.8. The van der Waals surface area contributed by atoms with Gasteiger partial charge in [0.15, 0.2) is 0 Å². The van der Waals surface area contributed by atoms with E-state index in [-0.39, 0.29) is 12.6 Å². The lowest BCUT2D eigenvalue weighted by Crippen LogP contribution is -2.37. The number of hydrogen-bond donors (Lipinski definition) is 3. The summed E-state index contributed by atoms with van der Waals surface area (Å²) in [6.45, 7) is 3.59. The zero-order valence-electron chi connectivity index (χ0n) is 13.1. The molecular weight excluding hydrogens is 296 g/mol. The number of carbonyl (C=O) groups excluding carboxylic acids is 1. The van der Waals surface area contributed by atoms with Crippen molar-refractivity contribution in [3.63, 3.8) is 0 Å². The minimum Gasteiger partial charge on any atom is -0.467 e. The number of rotatable bonds is 8. The highest BCUT2D eigenvalue weighted by molar-refractivity contribution is 5.73. The van der Waals surface area contributed by atoms with Gasteiger partial charge in [0.1, 0.15) is 11.9 Å². The average Bonchev–Trinajstić information content (AvgIpc) is 3.11. The van der Waals surface area contributed by atoms with Gasteiger partial charge in [-0.15, -0.1) is 0 Å². The Bertz CT molecular complexity index is 598. The Morgan fingerprint density at radius 1 is 1.22 bits per heavy atom. The third kappa shape index (κ3) is 5.43. The van der Waals surface area contributed by atoms with Crippen molar-refractivity contribution < 1.29 is 19.1 Å². The van der Waals surface area contributed by atoms with E-state index in [9.17, 15) is 9.90 Å². The summed E-state index contributed by atoms with van der Waals surface area (Å²) in [4.78, 5) is 11.8. The smallest absolute Gasteiger partial charge is 0.315 e. The summed E-state index contributed by atoms with van der Waals surface area (Å²) < 4.78 is 10.5. The van der Waals surface area contributed by atoms with Gasteiger partial charge in [0, 0.05) is 13.2 Å². The van der Waals surface area contributed by atoms with Crippen molar-refractivity contribution in [1.82, 2.24) is 10.6 Å². The van der Waals surface area contributed by atoms with Crippen molar-refractivity contribution in [2.45, 2.75) is 26.2 Å².